The van der Waals surface area contributed by atoms with Crippen molar-refractivity contribution < 1.29 is 24.2 Å². The van der Waals surface area contributed by atoms with Gasteiger partial charge in [-0.25, -0.2) is 0 Å². The van der Waals surface area contributed by atoms with Crippen molar-refractivity contribution in [3.05, 3.63) is 78.9 Å². The highest BCUT2D eigenvalue weighted by molar-refractivity contribution is 8.02. The van der Waals surface area contributed by atoms with E-state index in [0.29, 0.717) is 41.6 Å². The molecule has 8 nitrogen and oxygen atoms in total. The van der Waals surface area contributed by atoms with E-state index in [0.717, 1.165) is 0 Å². The van der Waals surface area contributed by atoms with E-state index in [9.17, 15) is 19.5 Å². The minimum Gasteiger partial charge on any atom is -0.494 e. The third kappa shape index (κ3) is 5.36. The summed E-state index contributed by atoms with van der Waals surface area (Å²) in [6.45, 7) is 12.1. The lowest BCUT2D eigenvalue weighted by Gasteiger charge is -2.39. The summed E-state index contributed by atoms with van der Waals surface area (Å²) >= 11 is 7.73. The van der Waals surface area contributed by atoms with Gasteiger partial charge in [0.05, 0.1) is 35.8 Å². The average molecular weight is 624 g/mol. The number of amides is 3. The molecular weight excluding hydrogens is 586 g/mol. The molecule has 0 aliphatic carbocycles. The minimum absolute atomic E-state index is 0.110. The van der Waals surface area contributed by atoms with Crippen molar-refractivity contribution in [1.82, 2.24) is 4.90 Å². The lowest BCUT2D eigenvalue weighted by atomic mass is 9.70. The number of carbonyl (C=O) groups is 3. The second kappa shape index (κ2) is 12.8. The molecule has 0 saturated carbocycles. The van der Waals surface area contributed by atoms with Gasteiger partial charge < -0.3 is 24.5 Å². The van der Waals surface area contributed by atoms with Crippen molar-refractivity contribution in [1.29, 1.82) is 0 Å². The maximum absolute atomic E-state index is 14.6. The van der Waals surface area contributed by atoms with E-state index >= 15 is 0 Å². The smallest absolute Gasteiger partial charge is 0.251 e. The Morgan fingerprint density at radius 3 is 2.23 bits per heavy atom. The van der Waals surface area contributed by atoms with Gasteiger partial charge in [-0.15, -0.1) is 24.9 Å². The highest BCUT2D eigenvalue weighted by atomic mass is 35.5. The van der Waals surface area contributed by atoms with E-state index in [1.165, 1.54) is 0 Å². The molecule has 1 N–H and O–H groups in total. The molecule has 2 unspecified atom stereocenters. The number of anilines is 2. The Balaban J connectivity index is 1.54. The third-order valence-corrected chi connectivity index (χ3v) is 11.0. The van der Waals surface area contributed by atoms with Crippen molar-refractivity contribution in [2.24, 2.45) is 11.8 Å². The standard InChI is InChI=1S/C33H38ClN3O5S/c1-5-18-35(24-12-14-25(15-13-24)42-7-3)30(39)27-26-16-17-33(43-26)28(27)31(40)37(21(4)20-38)29(33)32(41)36(19-6-2)23-10-8-22(34)9-11-23/h5-6,8-15,21,26-29,38H,1-2,7,16-20H2,3-4H3/t21-,26+,27-,28+,29?,33?/m1/s1. The molecule has 6 atom stereocenters. The van der Waals surface area contributed by atoms with Crippen LogP contribution >= 0.6 is 23.4 Å². The predicted octanol–water partition coefficient (Wildman–Crippen LogP) is 4.95. The predicted molar refractivity (Wildman–Crippen MR) is 172 cm³/mol. The molecule has 3 heterocycles. The summed E-state index contributed by atoms with van der Waals surface area (Å²) in [4.78, 5) is 48.2. The maximum atomic E-state index is 14.6. The monoisotopic (exact) mass is 623 g/mol. The Kier molecular flexibility index (Phi) is 9.25. The number of carbonyl (C=O) groups excluding carboxylic acids is 3. The quantitative estimate of drug-likeness (QED) is 0.337. The van der Waals surface area contributed by atoms with Crippen LogP contribution in [0.3, 0.4) is 0 Å². The van der Waals surface area contributed by atoms with Gasteiger partial charge in [-0.2, -0.15) is 0 Å². The molecule has 3 aliphatic rings. The Bertz CT molecular complexity index is 1390. The first-order valence-corrected chi connectivity index (χ1v) is 15.9. The number of hydrogen-bond donors (Lipinski definition) is 1. The summed E-state index contributed by atoms with van der Waals surface area (Å²) in [6, 6.07) is 12.8. The lowest BCUT2D eigenvalue weighted by molar-refractivity contribution is -0.141. The number of ether oxygens (including phenoxy) is 1. The molecule has 0 radical (unpaired) electrons. The van der Waals surface area contributed by atoms with E-state index in [-0.39, 0.29) is 42.7 Å². The number of hydrogen-bond acceptors (Lipinski definition) is 6. The van der Waals surface area contributed by atoms with Crippen molar-refractivity contribution in [3.8, 4) is 5.75 Å². The van der Waals surface area contributed by atoms with Gasteiger partial charge in [-0.1, -0.05) is 23.8 Å². The van der Waals surface area contributed by atoms with Crippen LogP contribution in [0, 0.1) is 11.8 Å². The molecule has 5 rings (SSSR count). The van der Waals surface area contributed by atoms with Crippen LogP contribution in [0.1, 0.15) is 26.7 Å². The maximum Gasteiger partial charge on any atom is 0.251 e. The summed E-state index contributed by atoms with van der Waals surface area (Å²) in [6.07, 6.45) is 4.66. The van der Waals surface area contributed by atoms with Gasteiger partial charge in [0.25, 0.3) is 5.91 Å². The van der Waals surface area contributed by atoms with Crippen molar-refractivity contribution in [2.45, 2.75) is 48.8 Å². The fourth-order valence-electron chi connectivity index (χ4n) is 6.96. The Morgan fingerprint density at radius 2 is 1.67 bits per heavy atom. The van der Waals surface area contributed by atoms with E-state index in [4.69, 9.17) is 16.3 Å². The van der Waals surface area contributed by atoms with Crippen LogP contribution in [0.4, 0.5) is 11.4 Å². The van der Waals surface area contributed by atoms with Gasteiger partial charge in [0.1, 0.15) is 11.8 Å². The molecule has 3 fully saturated rings. The topological polar surface area (TPSA) is 90.4 Å². The number of halogens is 1. The molecule has 228 valence electrons. The van der Waals surface area contributed by atoms with Crippen LogP contribution in [0.2, 0.25) is 5.02 Å². The second-order valence-electron chi connectivity index (χ2n) is 11.2. The van der Waals surface area contributed by atoms with Crippen molar-refractivity contribution >= 4 is 52.5 Å². The Hall–Kier alpha value is -3.27. The van der Waals surface area contributed by atoms with Gasteiger partial charge in [-0.05, 0) is 75.2 Å². The Labute approximate surface area is 262 Å². The number of aliphatic hydroxyl groups excluding tert-OH is 1. The van der Waals surface area contributed by atoms with Crippen molar-refractivity contribution in [2.75, 3.05) is 36.1 Å². The zero-order chi connectivity index (χ0) is 30.9. The van der Waals surface area contributed by atoms with E-state index < -0.39 is 28.7 Å². The highest BCUT2D eigenvalue weighted by Gasteiger charge is 2.74. The summed E-state index contributed by atoms with van der Waals surface area (Å²) in [5.41, 5.74) is 1.32. The van der Waals surface area contributed by atoms with Crippen LogP contribution in [0.15, 0.2) is 73.8 Å². The fourth-order valence-corrected chi connectivity index (χ4v) is 9.27. The first kappa shape index (κ1) is 31.2. The molecule has 3 amide bonds. The number of aliphatic hydroxyl groups is 1. The normalized spacial score (nSPS) is 26.1. The van der Waals surface area contributed by atoms with Gasteiger partial charge in [-0.3, -0.25) is 14.4 Å². The largest absolute Gasteiger partial charge is 0.494 e. The molecule has 2 aromatic rings. The fraction of sp³-hybridized carbons (Fsp3) is 0.424. The summed E-state index contributed by atoms with van der Waals surface area (Å²) in [5.74, 6) is -1.28. The zero-order valence-electron chi connectivity index (χ0n) is 24.5. The van der Waals surface area contributed by atoms with Crippen LogP contribution in [-0.2, 0) is 14.4 Å². The number of benzene rings is 2. The highest BCUT2D eigenvalue weighted by Crippen LogP contribution is 2.67. The summed E-state index contributed by atoms with van der Waals surface area (Å²) in [7, 11) is 0. The SMILES string of the molecule is C=CCN(C(=O)C1N([C@H](C)CO)C(=O)[C@@H]2[C@H](C(=O)N(CC=C)c3ccc(OCC)cc3)[C@@H]3CCC12S3)c1ccc(Cl)cc1. The molecule has 3 aliphatic heterocycles. The molecule has 2 aromatic carbocycles. The number of rotatable bonds is 12. The molecule has 3 saturated heterocycles. The molecule has 2 bridgehead atoms. The number of likely N-dealkylation sites (tertiary alicyclic amines) is 1. The molecule has 43 heavy (non-hydrogen) atoms. The van der Waals surface area contributed by atoms with Crippen LogP contribution in [0.5, 0.6) is 5.75 Å². The van der Waals surface area contributed by atoms with Gasteiger partial charge in [0.2, 0.25) is 11.8 Å². The first-order valence-electron chi connectivity index (χ1n) is 14.7. The van der Waals surface area contributed by atoms with Crippen molar-refractivity contribution in [3.63, 3.8) is 0 Å². The number of thioether (sulfide) groups is 1. The third-order valence-electron chi connectivity index (χ3n) is 8.75. The second-order valence-corrected chi connectivity index (χ2v) is 13.2. The minimum atomic E-state index is -0.853. The van der Waals surface area contributed by atoms with Crippen LogP contribution < -0.4 is 14.5 Å². The number of nitrogens with zero attached hydrogens (tertiary/aromatic N) is 3. The van der Waals surface area contributed by atoms with Crippen LogP contribution in [-0.4, -0.2) is 76.1 Å². The molecule has 0 aromatic heterocycles. The van der Waals surface area contributed by atoms with Gasteiger partial charge >= 0.3 is 0 Å². The lowest BCUT2D eigenvalue weighted by Crippen LogP contribution is -2.57. The van der Waals surface area contributed by atoms with Crippen LogP contribution in [0.25, 0.3) is 0 Å². The molecular formula is C33H38ClN3O5S. The number of fused-ring (bicyclic) bond motifs is 1. The zero-order valence-corrected chi connectivity index (χ0v) is 26.1. The van der Waals surface area contributed by atoms with Gasteiger partial charge in [0.15, 0.2) is 0 Å². The summed E-state index contributed by atoms with van der Waals surface area (Å²) in [5, 5.41) is 10.7. The van der Waals surface area contributed by atoms with Gasteiger partial charge in [0, 0.05) is 34.7 Å². The van der Waals surface area contributed by atoms with E-state index in [2.05, 4.69) is 13.2 Å². The molecule has 10 heteroatoms. The average Bonchev–Trinajstić information content (AvgIpc) is 3.66. The first-order chi connectivity index (χ1) is 20.7. The Morgan fingerprint density at radius 1 is 1.09 bits per heavy atom. The van der Waals surface area contributed by atoms with E-state index in [1.54, 1.807) is 69.8 Å². The molecule has 1 spiro atoms. The van der Waals surface area contributed by atoms with E-state index in [1.807, 2.05) is 31.2 Å². The summed E-state index contributed by atoms with van der Waals surface area (Å²) < 4.78 is 4.78.